The minimum Gasteiger partial charge on any atom is -0.268 e. The van der Waals surface area contributed by atoms with Crippen LogP contribution in [0.25, 0.3) is 0 Å². The second-order valence-electron chi connectivity index (χ2n) is 4.57. The lowest BCUT2D eigenvalue weighted by molar-refractivity contribution is -0.384. The number of pyridine rings is 1. The van der Waals surface area contributed by atoms with Crippen molar-refractivity contribution < 1.29 is 14.5 Å². The number of hydrogen-bond donors (Lipinski definition) is 0. The van der Waals surface area contributed by atoms with E-state index < -0.39 is 16.7 Å². The molecule has 2 amide bonds. The van der Waals surface area contributed by atoms with Gasteiger partial charge in [0.05, 0.1) is 16.2 Å². The molecule has 0 saturated heterocycles. The third-order valence-corrected chi connectivity index (χ3v) is 3.28. The van der Waals surface area contributed by atoms with Gasteiger partial charge in [-0.3, -0.25) is 24.7 Å². The fourth-order valence-corrected chi connectivity index (χ4v) is 2.29. The highest BCUT2D eigenvalue weighted by Gasteiger charge is 2.38. The zero-order chi connectivity index (χ0) is 15.1. The number of carbonyl (C=O) groups is 2. The SMILES string of the molecule is Cc1cc([N+](=O)[O-])ccc1N1C(=O)c2cccnc2C1=O. The number of nitro benzene ring substituents is 1. The Morgan fingerprint density at radius 1 is 1.19 bits per heavy atom. The number of non-ortho nitro benzene ring substituents is 1. The molecule has 0 saturated carbocycles. The molecule has 21 heavy (non-hydrogen) atoms. The number of hydrogen-bond acceptors (Lipinski definition) is 5. The van der Waals surface area contributed by atoms with Crippen LogP contribution in [-0.4, -0.2) is 21.7 Å². The number of rotatable bonds is 2. The van der Waals surface area contributed by atoms with Crippen molar-refractivity contribution in [1.82, 2.24) is 4.98 Å². The van der Waals surface area contributed by atoms with Gasteiger partial charge in [0.15, 0.2) is 0 Å². The van der Waals surface area contributed by atoms with Crippen LogP contribution in [0.1, 0.15) is 26.4 Å². The average Bonchev–Trinajstić information content (AvgIpc) is 2.72. The molecule has 0 N–H and O–H groups in total. The first-order chi connectivity index (χ1) is 10.0. The number of fused-ring (bicyclic) bond motifs is 1. The zero-order valence-electron chi connectivity index (χ0n) is 10.9. The third kappa shape index (κ3) is 1.86. The quantitative estimate of drug-likeness (QED) is 0.478. The van der Waals surface area contributed by atoms with Crippen molar-refractivity contribution in [1.29, 1.82) is 0 Å². The molecule has 1 aliphatic rings. The summed E-state index contributed by atoms with van der Waals surface area (Å²) in [5, 5.41) is 10.7. The predicted octanol–water partition coefficient (Wildman–Crippen LogP) is 2.10. The summed E-state index contributed by atoms with van der Waals surface area (Å²) in [5.41, 5.74) is 1.04. The van der Waals surface area contributed by atoms with E-state index >= 15 is 0 Å². The Morgan fingerprint density at radius 2 is 1.95 bits per heavy atom. The molecule has 3 rings (SSSR count). The van der Waals surface area contributed by atoms with Crippen LogP contribution in [0.3, 0.4) is 0 Å². The fraction of sp³-hybridized carbons (Fsp3) is 0.0714. The topological polar surface area (TPSA) is 93.4 Å². The van der Waals surface area contributed by atoms with E-state index in [1.54, 1.807) is 13.0 Å². The van der Waals surface area contributed by atoms with E-state index in [4.69, 9.17) is 0 Å². The molecule has 0 unspecified atom stereocenters. The van der Waals surface area contributed by atoms with Crippen LogP contribution < -0.4 is 4.90 Å². The molecule has 7 nitrogen and oxygen atoms in total. The number of aromatic nitrogens is 1. The molecule has 1 aromatic heterocycles. The van der Waals surface area contributed by atoms with Crippen molar-refractivity contribution >= 4 is 23.2 Å². The fourth-order valence-electron chi connectivity index (χ4n) is 2.29. The van der Waals surface area contributed by atoms with E-state index in [0.29, 0.717) is 11.3 Å². The second kappa shape index (κ2) is 4.48. The zero-order valence-corrected chi connectivity index (χ0v) is 10.9. The van der Waals surface area contributed by atoms with Crippen molar-refractivity contribution in [2.24, 2.45) is 0 Å². The second-order valence-corrected chi connectivity index (χ2v) is 4.57. The maximum atomic E-state index is 12.3. The Hall–Kier alpha value is -3.09. The lowest BCUT2D eigenvalue weighted by Gasteiger charge is -2.15. The van der Waals surface area contributed by atoms with Crippen LogP contribution in [-0.2, 0) is 0 Å². The molecule has 0 spiro atoms. The molecule has 104 valence electrons. The lowest BCUT2D eigenvalue weighted by Crippen LogP contribution is -2.30. The van der Waals surface area contributed by atoms with Gasteiger partial charge in [-0.2, -0.15) is 0 Å². The Morgan fingerprint density at radius 3 is 2.57 bits per heavy atom. The number of amides is 2. The standard InChI is InChI=1S/C14H9N3O4/c1-8-7-9(17(20)21)4-5-11(8)16-13(18)10-3-2-6-15-12(10)14(16)19/h2-7H,1H3. The van der Waals surface area contributed by atoms with Crippen LogP contribution in [0.5, 0.6) is 0 Å². The summed E-state index contributed by atoms with van der Waals surface area (Å²) >= 11 is 0. The number of carbonyl (C=O) groups excluding carboxylic acids is 2. The number of benzene rings is 1. The summed E-state index contributed by atoms with van der Waals surface area (Å²) in [7, 11) is 0. The number of aryl methyl sites for hydroxylation is 1. The van der Waals surface area contributed by atoms with Gasteiger partial charge in [-0.15, -0.1) is 0 Å². The average molecular weight is 283 g/mol. The highest BCUT2D eigenvalue weighted by molar-refractivity contribution is 6.33. The van der Waals surface area contributed by atoms with Gasteiger partial charge in [0.2, 0.25) is 0 Å². The van der Waals surface area contributed by atoms with Crippen molar-refractivity contribution in [2.75, 3.05) is 4.90 Å². The number of imide groups is 1. The van der Waals surface area contributed by atoms with Crippen LogP contribution in [0.4, 0.5) is 11.4 Å². The van der Waals surface area contributed by atoms with Crippen molar-refractivity contribution in [2.45, 2.75) is 6.92 Å². The van der Waals surface area contributed by atoms with Gasteiger partial charge < -0.3 is 0 Å². The van der Waals surface area contributed by atoms with Crippen LogP contribution >= 0.6 is 0 Å². The summed E-state index contributed by atoms with van der Waals surface area (Å²) in [6, 6.07) is 7.10. The Balaban J connectivity index is 2.09. The van der Waals surface area contributed by atoms with E-state index in [1.165, 1.54) is 30.5 Å². The summed E-state index contributed by atoms with van der Waals surface area (Å²) in [4.78, 5) is 39.7. The summed E-state index contributed by atoms with van der Waals surface area (Å²) in [6.07, 6.45) is 1.44. The molecule has 0 aliphatic carbocycles. The van der Waals surface area contributed by atoms with Gasteiger partial charge in [-0.05, 0) is 30.7 Å². The maximum absolute atomic E-state index is 12.3. The van der Waals surface area contributed by atoms with Gasteiger partial charge in [0.25, 0.3) is 17.5 Å². The minimum absolute atomic E-state index is 0.0917. The summed E-state index contributed by atoms with van der Waals surface area (Å²) < 4.78 is 0. The molecular formula is C14H9N3O4. The minimum atomic E-state index is -0.527. The Bertz CT molecular complexity index is 766. The molecular weight excluding hydrogens is 274 g/mol. The van der Waals surface area contributed by atoms with Gasteiger partial charge >= 0.3 is 0 Å². The molecule has 0 fully saturated rings. The van der Waals surface area contributed by atoms with Crippen LogP contribution in [0.2, 0.25) is 0 Å². The predicted molar refractivity (Wildman–Crippen MR) is 73.2 cm³/mol. The monoisotopic (exact) mass is 283 g/mol. The Labute approximate surface area is 119 Å². The molecule has 0 radical (unpaired) electrons. The lowest BCUT2D eigenvalue weighted by atomic mass is 10.1. The smallest absolute Gasteiger partial charge is 0.268 e. The highest BCUT2D eigenvalue weighted by atomic mass is 16.6. The van der Waals surface area contributed by atoms with Gasteiger partial charge in [-0.25, -0.2) is 4.90 Å². The van der Waals surface area contributed by atoms with E-state index in [0.717, 1.165) is 4.90 Å². The van der Waals surface area contributed by atoms with Crippen molar-refractivity contribution in [3.05, 3.63) is 63.5 Å². The first-order valence-electron chi connectivity index (χ1n) is 6.09. The van der Waals surface area contributed by atoms with E-state index in [-0.39, 0.29) is 16.9 Å². The molecule has 1 aromatic carbocycles. The normalized spacial score (nSPS) is 13.5. The molecule has 2 heterocycles. The molecule has 2 aromatic rings. The number of anilines is 1. The van der Waals surface area contributed by atoms with Crippen molar-refractivity contribution in [3.63, 3.8) is 0 Å². The third-order valence-electron chi connectivity index (χ3n) is 3.28. The first-order valence-corrected chi connectivity index (χ1v) is 6.09. The largest absolute Gasteiger partial charge is 0.284 e. The van der Waals surface area contributed by atoms with Crippen molar-refractivity contribution in [3.8, 4) is 0 Å². The summed E-state index contributed by atoms with van der Waals surface area (Å²) in [5.74, 6) is -0.993. The van der Waals surface area contributed by atoms with E-state index in [1.807, 2.05) is 0 Å². The van der Waals surface area contributed by atoms with E-state index in [9.17, 15) is 19.7 Å². The number of nitro groups is 1. The molecule has 7 heteroatoms. The number of nitrogens with zero attached hydrogens (tertiary/aromatic N) is 3. The Kier molecular flexibility index (Phi) is 2.76. The van der Waals surface area contributed by atoms with Crippen LogP contribution in [0.15, 0.2) is 36.5 Å². The van der Waals surface area contributed by atoms with Gasteiger partial charge in [0, 0.05) is 18.3 Å². The first kappa shape index (κ1) is 12.9. The molecule has 0 atom stereocenters. The van der Waals surface area contributed by atoms with E-state index in [2.05, 4.69) is 4.98 Å². The summed E-state index contributed by atoms with van der Waals surface area (Å²) in [6.45, 7) is 1.61. The maximum Gasteiger partial charge on any atom is 0.284 e. The van der Waals surface area contributed by atoms with Crippen LogP contribution in [0, 0.1) is 17.0 Å². The highest BCUT2D eigenvalue weighted by Crippen LogP contribution is 2.31. The van der Waals surface area contributed by atoms with Gasteiger partial charge in [-0.1, -0.05) is 0 Å². The molecule has 1 aliphatic heterocycles. The van der Waals surface area contributed by atoms with Gasteiger partial charge in [0.1, 0.15) is 5.69 Å². The molecule has 0 bridgehead atoms.